The Morgan fingerprint density at radius 3 is 2.51 bits per heavy atom. The van der Waals surface area contributed by atoms with Crippen molar-refractivity contribution in [3.05, 3.63) is 51.4 Å². The number of carbonyl (C=O) groups is 1. The van der Waals surface area contributed by atoms with Crippen LogP contribution in [0.1, 0.15) is 39.2 Å². The number of carbonyl (C=O) groups excluding carboxylic acids is 1. The lowest BCUT2D eigenvalue weighted by atomic mass is 9.45. The molecule has 3 fully saturated rings. The topological polar surface area (TPSA) is 122 Å². The van der Waals surface area contributed by atoms with Crippen LogP contribution in [0.5, 0.6) is 0 Å². The largest absolute Gasteiger partial charge is 0.379 e. The summed E-state index contributed by atoms with van der Waals surface area (Å²) >= 11 is 6.37. The summed E-state index contributed by atoms with van der Waals surface area (Å²) in [6.07, 6.45) is 4.89. The van der Waals surface area contributed by atoms with E-state index in [-0.39, 0.29) is 24.2 Å². The number of rotatable bonds is 8. The van der Waals surface area contributed by atoms with Crippen LogP contribution in [-0.2, 0) is 27.9 Å². The number of hydrogen-bond acceptors (Lipinski definition) is 6. The highest BCUT2D eigenvalue weighted by atomic mass is 35.5. The van der Waals surface area contributed by atoms with Crippen LogP contribution in [0.4, 0.5) is 11.4 Å². The van der Waals surface area contributed by atoms with Crippen molar-refractivity contribution in [1.29, 1.82) is 0 Å². The van der Waals surface area contributed by atoms with Crippen LogP contribution in [0.15, 0.2) is 35.3 Å². The Labute approximate surface area is 210 Å². The van der Waals surface area contributed by atoms with Crippen LogP contribution in [0.3, 0.4) is 0 Å². The van der Waals surface area contributed by atoms with Crippen LogP contribution >= 0.6 is 11.6 Å². The summed E-state index contributed by atoms with van der Waals surface area (Å²) < 4.78 is 26.0. The lowest BCUT2D eigenvalue weighted by Crippen LogP contribution is -2.58. The molecule has 0 radical (unpaired) electrons. The summed E-state index contributed by atoms with van der Waals surface area (Å²) in [5.41, 5.74) is 1.57. The minimum atomic E-state index is -3.35. The number of anilines is 2. The first-order valence-electron chi connectivity index (χ1n) is 11.7. The number of halogens is 1. The molecule has 0 aliphatic heterocycles. The third kappa shape index (κ3) is 5.48. The van der Waals surface area contributed by atoms with Crippen LogP contribution in [0.2, 0.25) is 5.02 Å². The van der Waals surface area contributed by atoms with Crippen molar-refractivity contribution >= 4 is 38.9 Å². The Balaban J connectivity index is 1.33. The van der Waals surface area contributed by atoms with E-state index in [0.717, 1.165) is 22.9 Å². The molecule has 1 amide bonds. The number of nitrogens with zero attached hydrogens (tertiary/aromatic N) is 2. The Bertz CT molecular complexity index is 1280. The molecule has 4 atom stereocenters. The van der Waals surface area contributed by atoms with Crippen LogP contribution in [-0.4, -0.2) is 36.4 Å². The number of aromatic nitrogens is 2. The zero-order valence-corrected chi connectivity index (χ0v) is 21.9. The van der Waals surface area contributed by atoms with Crippen LogP contribution < -0.4 is 20.9 Å². The monoisotopic (exact) mass is 521 g/mol. The quantitative estimate of drug-likeness (QED) is 0.490. The van der Waals surface area contributed by atoms with Crippen LogP contribution in [0, 0.1) is 23.2 Å². The number of fused-ring (bicyclic) bond motifs is 2. The average molecular weight is 522 g/mol. The predicted molar refractivity (Wildman–Crippen MR) is 137 cm³/mol. The molecular weight excluding hydrogens is 490 g/mol. The highest BCUT2D eigenvalue weighted by Gasteiger charge is 2.56. The Kier molecular flexibility index (Phi) is 6.89. The molecule has 3 saturated carbocycles. The first kappa shape index (κ1) is 25.5. The fraction of sp³-hybridized carbons (Fsp3) is 0.542. The highest BCUT2D eigenvalue weighted by Crippen LogP contribution is 2.61. The first-order valence-corrected chi connectivity index (χ1v) is 14.0. The molecule has 35 heavy (non-hydrogen) atoms. The van der Waals surface area contributed by atoms with Gasteiger partial charge in [0.2, 0.25) is 15.9 Å². The van der Waals surface area contributed by atoms with E-state index in [9.17, 15) is 18.0 Å². The van der Waals surface area contributed by atoms with Crippen molar-refractivity contribution in [3.63, 3.8) is 0 Å². The summed E-state index contributed by atoms with van der Waals surface area (Å²) in [4.78, 5) is 25.1. The summed E-state index contributed by atoms with van der Waals surface area (Å²) in [5, 5.41) is 10.4. The summed E-state index contributed by atoms with van der Waals surface area (Å²) in [7, 11) is -3.35. The van der Waals surface area contributed by atoms with Gasteiger partial charge in [-0.2, -0.15) is 5.10 Å². The number of benzene rings is 1. The average Bonchev–Trinajstić information content (AvgIpc) is 2.78. The standard InChI is InChI=1S/C24H32ClN5O4S/c1-14-18-9-16(24(18,2)3)10-19(14)28-20-12-27-30(23(32)22(20)25)13-21(31)26-11-15-5-7-17(8-6-15)29-35(4,33)34/h5-8,12,14,16,18-19,28-29H,9-11,13H2,1-4H3,(H,26,31)/t14-,16+,18-,19-/m1/s1. The van der Waals surface area contributed by atoms with Crippen molar-refractivity contribution in [2.45, 2.75) is 52.7 Å². The van der Waals surface area contributed by atoms with Gasteiger partial charge in [-0.25, -0.2) is 13.1 Å². The highest BCUT2D eigenvalue weighted by molar-refractivity contribution is 7.92. The maximum absolute atomic E-state index is 12.7. The van der Waals surface area contributed by atoms with E-state index in [0.29, 0.717) is 34.5 Å². The molecule has 5 rings (SSSR count). The lowest BCUT2D eigenvalue weighted by molar-refractivity contribution is -0.122. The summed E-state index contributed by atoms with van der Waals surface area (Å²) in [6.45, 7) is 6.89. The number of amides is 1. The number of sulfonamides is 1. The van der Waals surface area contributed by atoms with Gasteiger partial charge in [-0.1, -0.05) is 44.5 Å². The van der Waals surface area contributed by atoms with E-state index in [2.05, 4.69) is 41.2 Å². The molecular formula is C24H32ClN5O4S. The molecule has 0 spiro atoms. The minimum absolute atomic E-state index is 0.0347. The second kappa shape index (κ2) is 9.46. The maximum Gasteiger partial charge on any atom is 0.288 e. The molecule has 3 aliphatic carbocycles. The molecule has 9 nitrogen and oxygen atoms in total. The van der Waals surface area contributed by atoms with E-state index in [4.69, 9.17) is 11.6 Å². The van der Waals surface area contributed by atoms with E-state index < -0.39 is 21.5 Å². The smallest absolute Gasteiger partial charge is 0.288 e. The maximum atomic E-state index is 12.7. The van der Waals surface area contributed by atoms with Crippen molar-refractivity contribution in [2.75, 3.05) is 16.3 Å². The van der Waals surface area contributed by atoms with Crippen molar-refractivity contribution < 1.29 is 13.2 Å². The van der Waals surface area contributed by atoms with Crippen molar-refractivity contribution in [1.82, 2.24) is 15.1 Å². The molecule has 11 heteroatoms. The van der Waals surface area contributed by atoms with Gasteiger partial charge in [-0.3, -0.25) is 14.3 Å². The second-order valence-electron chi connectivity index (χ2n) is 10.4. The van der Waals surface area contributed by atoms with Gasteiger partial charge in [0, 0.05) is 18.3 Å². The molecule has 2 aromatic rings. The minimum Gasteiger partial charge on any atom is -0.379 e. The molecule has 1 aromatic heterocycles. The van der Waals surface area contributed by atoms with Gasteiger partial charge in [-0.15, -0.1) is 0 Å². The SMILES string of the molecule is C[C@@H]1[C@H]2C[C@@H](C[C@H]1Nc1cnn(CC(=O)NCc3ccc(NS(C)(=O)=O)cc3)c(=O)c1Cl)C2(C)C. The van der Waals surface area contributed by atoms with Gasteiger partial charge in [0.1, 0.15) is 11.6 Å². The molecule has 1 aromatic carbocycles. The molecule has 190 valence electrons. The van der Waals surface area contributed by atoms with Gasteiger partial charge < -0.3 is 10.6 Å². The molecule has 0 unspecified atom stereocenters. The fourth-order valence-electron chi connectivity index (χ4n) is 5.52. The van der Waals surface area contributed by atoms with E-state index in [1.165, 1.54) is 12.6 Å². The molecule has 0 saturated heterocycles. The number of nitrogens with one attached hydrogen (secondary N) is 3. The van der Waals surface area contributed by atoms with E-state index >= 15 is 0 Å². The first-order chi connectivity index (χ1) is 16.3. The Morgan fingerprint density at radius 2 is 1.91 bits per heavy atom. The Hall–Kier alpha value is -2.59. The lowest BCUT2D eigenvalue weighted by Gasteiger charge is -2.62. The van der Waals surface area contributed by atoms with Gasteiger partial charge >= 0.3 is 0 Å². The molecule has 3 N–H and O–H groups in total. The van der Waals surface area contributed by atoms with Gasteiger partial charge in [0.05, 0.1) is 18.1 Å². The second-order valence-corrected chi connectivity index (χ2v) is 12.5. The molecule has 2 bridgehead atoms. The summed E-state index contributed by atoms with van der Waals surface area (Å²) in [6, 6.07) is 6.86. The van der Waals surface area contributed by atoms with Gasteiger partial charge in [0.15, 0.2) is 0 Å². The molecule has 3 aliphatic rings. The zero-order chi connectivity index (χ0) is 25.5. The van der Waals surface area contributed by atoms with Crippen LogP contribution in [0.25, 0.3) is 0 Å². The van der Waals surface area contributed by atoms with Gasteiger partial charge in [-0.05, 0) is 53.7 Å². The third-order valence-electron chi connectivity index (χ3n) is 7.72. The zero-order valence-electron chi connectivity index (χ0n) is 20.3. The predicted octanol–water partition coefficient (Wildman–Crippen LogP) is 3.07. The van der Waals surface area contributed by atoms with Crippen molar-refractivity contribution in [2.24, 2.45) is 23.2 Å². The number of hydrogen-bond donors (Lipinski definition) is 3. The molecule has 1 heterocycles. The fourth-order valence-corrected chi connectivity index (χ4v) is 6.28. The normalized spacial score (nSPS) is 24.8. The van der Waals surface area contributed by atoms with Gasteiger partial charge in [0.25, 0.3) is 5.56 Å². The van der Waals surface area contributed by atoms with Crippen molar-refractivity contribution in [3.8, 4) is 0 Å². The third-order valence-corrected chi connectivity index (χ3v) is 8.69. The van der Waals surface area contributed by atoms with E-state index in [1.807, 2.05) is 0 Å². The summed E-state index contributed by atoms with van der Waals surface area (Å²) in [5.74, 6) is 1.40. The Morgan fingerprint density at radius 1 is 1.23 bits per heavy atom. The van der Waals surface area contributed by atoms with E-state index in [1.54, 1.807) is 24.3 Å².